The summed E-state index contributed by atoms with van der Waals surface area (Å²) in [5, 5.41) is 12.3. The topological polar surface area (TPSA) is 111 Å². The Hall–Kier alpha value is -4.45. The molecule has 9 nitrogen and oxygen atoms in total. The lowest BCUT2D eigenvalue weighted by Gasteiger charge is -2.27. The van der Waals surface area contributed by atoms with Crippen molar-refractivity contribution < 1.29 is 14.3 Å². The van der Waals surface area contributed by atoms with Crippen LogP contribution in [0.1, 0.15) is 18.9 Å². The third-order valence-corrected chi connectivity index (χ3v) is 6.05. The maximum Gasteiger partial charge on any atom is 0.307 e. The number of fused-ring (bicyclic) bond motifs is 1. The van der Waals surface area contributed by atoms with Crippen LogP contribution in [0.15, 0.2) is 77.5 Å². The first-order chi connectivity index (χ1) is 17.5. The molecule has 2 aliphatic rings. The number of nitrogens with zero attached hydrogens (tertiary/aromatic N) is 5. The molecular formula is C27H28N6O3. The number of benzene rings is 1. The van der Waals surface area contributed by atoms with Crippen LogP contribution in [0.3, 0.4) is 0 Å². The summed E-state index contributed by atoms with van der Waals surface area (Å²) in [6.45, 7) is 2.72. The Labute approximate surface area is 210 Å². The molecule has 1 amide bonds. The summed E-state index contributed by atoms with van der Waals surface area (Å²) in [5.74, 6) is 0.742. The predicted octanol–water partition coefficient (Wildman–Crippen LogP) is 2.93. The number of anilines is 2. The summed E-state index contributed by atoms with van der Waals surface area (Å²) in [4.78, 5) is 38.2. The molecule has 0 saturated heterocycles. The first-order valence-corrected chi connectivity index (χ1v) is 11.8. The number of hydrogen-bond donors (Lipinski definition) is 1. The molecule has 2 atom stereocenters. The minimum absolute atomic E-state index is 0.0159. The van der Waals surface area contributed by atoms with Gasteiger partial charge in [-0.05, 0) is 49.4 Å². The first-order valence-electron chi connectivity index (χ1n) is 11.8. The summed E-state index contributed by atoms with van der Waals surface area (Å²) in [6.07, 6.45) is 7.36. The zero-order valence-electron chi connectivity index (χ0n) is 20.3. The second-order valence-electron chi connectivity index (χ2n) is 8.36. The van der Waals surface area contributed by atoms with Gasteiger partial charge in [0.2, 0.25) is 0 Å². The summed E-state index contributed by atoms with van der Waals surface area (Å²) in [5.41, 5.74) is 2.01. The van der Waals surface area contributed by atoms with E-state index in [9.17, 15) is 9.59 Å². The number of likely N-dealkylation sites (N-methyl/N-ethyl adjacent to an activating group) is 1. The van der Waals surface area contributed by atoms with Gasteiger partial charge in [-0.25, -0.2) is 4.98 Å². The highest BCUT2D eigenvalue weighted by molar-refractivity contribution is 6.07. The van der Waals surface area contributed by atoms with Crippen LogP contribution < -0.4 is 10.2 Å². The van der Waals surface area contributed by atoms with Gasteiger partial charge in [-0.15, -0.1) is 0 Å². The molecule has 36 heavy (non-hydrogen) atoms. The van der Waals surface area contributed by atoms with Crippen molar-refractivity contribution in [3.8, 4) is 6.07 Å². The normalized spacial score (nSPS) is 18.0. The molecule has 1 aromatic heterocycles. The lowest BCUT2D eigenvalue weighted by atomic mass is 9.97. The number of aliphatic imine (C=N–C) groups is 1. The number of ether oxygens (including phenoxy) is 1. The van der Waals surface area contributed by atoms with Crippen LogP contribution in [0.4, 0.5) is 11.5 Å². The summed E-state index contributed by atoms with van der Waals surface area (Å²) in [7, 11) is 1.98. The Morgan fingerprint density at radius 1 is 1.22 bits per heavy atom. The Bertz CT molecular complexity index is 1230. The molecule has 1 aromatic carbocycles. The van der Waals surface area contributed by atoms with E-state index in [0.717, 1.165) is 11.5 Å². The van der Waals surface area contributed by atoms with E-state index >= 15 is 0 Å². The van der Waals surface area contributed by atoms with Crippen LogP contribution in [-0.4, -0.2) is 66.4 Å². The highest BCUT2D eigenvalue weighted by atomic mass is 16.5. The zero-order valence-corrected chi connectivity index (χ0v) is 20.3. The van der Waals surface area contributed by atoms with E-state index in [4.69, 9.17) is 15.0 Å². The van der Waals surface area contributed by atoms with Crippen LogP contribution >= 0.6 is 0 Å². The number of carbonyl (C=O) groups is 2. The smallest absolute Gasteiger partial charge is 0.307 e. The lowest BCUT2D eigenvalue weighted by Crippen LogP contribution is -2.40. The van der Waals surface area contributed by atoms with Crippen molar-refractivity contribution >= 4 is 29.2 Å². The second kappa shape index (κ2) is 11.3. The molecule has 0 spiro atoms. The molecule has 1 aliphatic heterocycles. The monoisotopic (exact) mass is 484 g/mol. The van der Waals surface area contributed by atoms with Crippen molar-refractivity contribution in [1.82, 2.24) is 9.88 Å². The maximum absolute atomic E-state index is 13.5. The Morgan fingerprint density at radius 2 is 2.03 bits per heavy atom. The van der Waals surface area contributed by atoms with Gasteiger partial charge in [-0.2, -0.15) is 5.26 Å². The van der Waals surface area contributed by atoms with Gasteiger partial charge in [-0.3, -0.25) is 19.5 Å². The summed E-state index contributed by atoms with van der Waals surface area (Å²) in [6, 6.07) is 14.5. The van der Waals surface area contributed by atoms with Crippen LogP contribution in [0.2, 0.25) is 0 Å². The Balaban J connectivity index is 1.48. The number of pyridine rings is 1. The fourth-order valence-electron chi connectivity index (χ4n) is 4.14. The lowest BCUT2D eigenvalue weighted by molar-refractivity contribution is -0.142. The van der Waals surface area contributed by atoms with Crippen molar-refractivity contribution in [3.05, 3.63) is 78.0 Å². The third kappa shape index (κ3) is 5.61. The average Bonchev–Trinajstić information content (AvgIpc) is 3.23. The average molecular weight is 485 g/mol. The highest BCUT2D eigenvalue weighted by Crippen LogP contribution is 2.26. The molecule has 184 valence electrons. The number of aromatic nitrogens is 1. The Morgan fingerprint density at radius 3 is 2.72 bits per heavy atom. The van der Waals surface area contributed by atoms with Gasteiger partial charge in [0.25, 0.3) is 5.91 Å². The van der Waals surface area contributed by atoms with Gasteiger partial charge in [0.05, 0.1) is 43.3 Å². The van der Waals surface area contributed by atoms with Gasteiger partial charge in [0, 0.05) is 31.0 Å². The first kappa shape index (κ1) is 24.7. The minimum Gasteiger partial charge on any atom is -0.466 e. The summed E-state index contributed by atoms with van der Waals surface area (Å²) >= 11 is 0. The summed E-state index contributed by atoms with van der Waals surface area (Å²) < 4.78 is 5.03. The maximum atomic E-state index is 13.5. The standard InChI is InChI=1S/C27H28N6O3/c1-3-36-26(34)13-15-33(24-6-4-5-14-29-24)27(35)20-9-12-23-22(16-20)31-25(32(23)2)18-30-21-10-7-19(17-28)8-11-21/h4-12,14,16,22-23,30H,3,13,15,18H2,1-2H3. The van der Waals surface area contributed by atoms with Crippen molar-refractivity contribution in [1.29, 1.82) is 5.26 Å². The van der Waals surface area contributed by atoms with Gasteiger partial charge < -0.3 is 15.0 Å². The number of amidine groups is 1. The molecule has 0 radical (unpaired) electrons. The van der Waals surface area contributed by atoms with Crippen molar-refractivity contribution in [3.63, 3.8) is 0 Å². The van der Waals surface area contributed by atoms with E-state index < -0.39 is 0 Å². The largest absolute Gasteiger partial charge is 0.466 e. The van der Waals surface area contributed by atoms with E-state index in [-0.39, 0.29) is 36.9 Å². The van der Waals surface area contributed by atoms with Crippen LogP contribution in [0.5, 0.6) is 0 Å². The van der Waals surface area contributed by atoms with E-state index in [1.165, 1.54) is 4.90 Å². The molecule has 2 aromatic rings. The number of nitriles is 1. The van der Waals surface area contributed by atoms with E-state index in [1.807, 2.05) is 37.4 Å². The molecule has 4 rings (SSSR count). The quantitative estimate of drug-likeness (QED) is 0.545. The van der Waals surface area contributed by atoms with Gasteiger partial charge in [0.15, 0.2) is 0 Å². The Kier molecular flexibility index (Phi) is 7.75. The third-order valence-electron chi connectivity index (χ3n) is 6.05. The SMILES string of the molecule is CCOC(=O)CCN(C(=O)C1=CC2N=C(CNc3ccc(C#N)cc3)N(C)C2C=C1)c1ccccn1. The molecular weight excluding hydrogens is 456 g/mol. The number of amides is 1. The molecule has 0 saturated carbocycles. The molecule has 2 unspecified atom stereocenters. The predicted molar refractivity (Wildman–Crippen MR) is 137 cm³/mol. The van der Waals surface area contributed by atoms with Crippen molar-refractivity contribution in [2.75, 3.05) is 37.0 Å². The van der Waals surface area contributed by atoms with Crippen molar-refractivity contribution in [2.45, 2.75) is 25.4 Å². The minimum atomic E-state index is -0.360. The molecule has 1 N–H and O–H groups in total. The van der Waals surface area contributed by atoms with E-state index in [0.29, 0.717) is 30.1 Å². The highest BCUT2D eigenvalue weighted by Gasteiger charge is 2.34. The number of rotatable bonds is 9. The van der Waals surface area contributed by atoms with Crippen LogP contribution in [0, 0.1) is 11.3 Å². The molecule has 2 heterocycles. The van der Waals surface area contributed by atoms with Gasteiger partial charge >= 0.3 is 5.97 Å². The van der Waals surface area contributed by atoms with Crippen LogP contribution in [-0.2, 0) is 14.3 Å². The molecule has 1 aliphatic carbocycles. The van der Waals surface area contributed by atoms with Crippen LogP contribution in [0.25, 0.3) is 0 Å². The van der Waals surface area contributed by atoms with E-state index in [1.54, 1.807) is 43.5 Å². The second-order valence-corrected chi connectivity index (χ2v) is 8.36. The molecule has 0 bridgehead atoms. The van der Waals surface area contributed by atoms with Gasteiger partial charge in [-0.1, -0.05) is 18.2 Å². The number of esters is 1. The van der Waals surface area contributed by atoms with Gasteiger partial charge in [0.1, 0.15) is 11.7 Å². The fraction of sp³-hybridized carbons (Fsp3) is 0.296. The molecule has 9 heteroatoms. The fourth-order valence-corrected chi connectivity index (χ4v) is 4.14. The molecule has 0 fully saturated rings. The number of carbonyl (C=O) groups excluding carboxylic acids is 2. The zero-order chi connectivity index (χ0) is 25.5. The van der Waals surface area contributed by atoms with Crippen molar-refractivity contribution in [2.24, 2.45) is 4.99 Å². The number of hydrogen-bond acceptors (Lipinski definition) is 8. The number of nitrogens with one attached hydrogen (secondary N) is 1. The van der Waals surface area contributed by atoms with E-state index in [2.05, 4.69) is 21.3 Å².